The molecule has 5 nitrogen and oxygen atoms in total. The maximum Gasteiger partial charge on any atom is 0.250 e. The van der Waals surface area contributed by atoms with Gasteiger partial charge in [-0.1, -0.05) is 35.7 Å². The number of anilines is 2. The number of benzene rings is 2. The zero-order valence-corrected chi connectivity index (χ0v) is 19.2. The van der Waals surface area contributed by atoms with Gasteiger partial charge in [0.05, 0.1) is 18.9 Å². The molecule has 31 heavy (non-hydrogen) atoms. The van der Waals surface area contributed by atoms with Crippen molar-refractivity contribution >= 4 is 46.5 Å². The van der Waals surface area contributed by atoms with Gasteiger partial charge in [-0.15, -0.1) is 11.6 Å². The van der Waals surface area contributed by atoms with Crippen LogP contribution in [0.3, 0.4) is 0 Å². The van der Waals surface area contributed by atoms with Crippen molar-refractivity contribution in [3.05, 3.63) is 58.9 Å². The fraction of sp³-hybridized carbons (Fsp3) is 0.261. The van der Waals surface area contributed by atoms with Gasteiger partial charge in [0.25, 0.3) is 0 Å². The number of aromatic nitrogens is 1. The number of halogens is 1. The van der Waals surface area contributed by atoms with Crippen LogP contribution in [0.4, 0.5) is 11.4 Å². The standard InChI is InChI=1S/C23H22ClN3O2S2/c24-6-7-25-15-4-5-19-21(12-15)30-20-3-1-2-17(23(20)31-19)18-13-16(14-22(28)26-18)27-8-10-29-11-9-27/h1-5,12-14,25H,6-11H2,(H,26,28). The first-order valence-corrected chi connectivity index (χ1v) is 12.4. The van der Waals surface area contributed by atoms with Crippen LogP contribution >= 0.6 is 35.1 Å². The number of rotatable bonds is 5. The summed E-state index contributed by atoms with van der Waals surface area (Å²) in [6.45, 7) is 3.72. The first-order valence-electron chi connectivity index (χ1n) is 10.2. The molecule has 2 aromatic carbocycles. The van der Waals surface area contributed by atoms with Gasteiger partial charge in [-0.05, 0) is 30.3 Å². The number of ether oxygens (including phenoxy) is 1. The summed E-state index contributed by atoms with van der Waals surface area (Å²) in [6.07, 6.45) is 0. The van der Waals surface area contributed by atoms with Crippen molar-refractivity contribution in [3.63, 3.8) is 0 Å². The smallest absolute Gasteiger partial charge is 0.250 e. The minimum atomic E-state index is -0.0829. The number of nitrogens with zero attached hydrogens (tertiary/aromatic N) is 1. The molecule has 5 rings (SSSR count). The van der Waals surface area contributed by atoms with E-state index in [1.807, 2.05) is 0 Å². The molecule has 0 bridgehead atoms. The van der Waals surface area contributed by atoms with Gasteiger partial charge in [0.1, 0.15) is 0 Å². The molecular formula is C23H22ClN3O2S2. The van der Waals surface area contributed by atoms with E-state index in [0.29, 0.717) is 19.1 Å². The lowest BCUT2D eigenvalue weighted by atomic mass is 10.1. The number of alkyl halides is 1. The highest BCUT2D eigenvalue weighted by Gasteiger charge is 2.22. The molecule has 0 unspecified atom stereocenters. The Hall–Kier alpha value is -2.06. The zero-order chi connectivity index (χ0) is 21.2. The molecule has 160 valence electrons. The van der Waals surface area contributed by atoms with Crippen molar-refractivity contribution in [1.29, 1.82) is 0 Å². The Kier molecular flexibility index (Phi) is 6.18. The maximum absolute atomic E-state index is 12.5. The molecule has 0 radical (unpaired) electrons. The fourth-order valence-electron chi connectivity index (χ4n) is 3.79. The Labute approximate surface area is 194 Å². The summed E-state index contributed by atoms with van der Waals surface area (Å²) in [5, 5.41) is 3.34. The second kappa shape index (κ2) is 9.20. The second-order valence-electron chi connectivity index (χ2n) is 7.33. The third-order valence-corrected chi connectivity index (χ3v) is 8.06. The van der Waals surface area contributed by atoms with Crippen molar-refractivity contribution in [1.82, 2.24) is 4.98 Å². The summed E-state index contributed by atoms with van der Waals surface area (Å²) in [5.74, 6) is 0.576. The van der Waals surface area contributed by atoms with Crippen LogP contribution in [0.1, 0.15) is 0 Å². The van der Waals surface area contributed by atoms with Gasteiger partial charge >= 0.3 is 0 Å². The number of morpholine rings is 1. The van der Waals surface area contributed by atoms with Crippen LogP contribution in [0.25, 0.3) is 11.3 Å². The first-order chi connectivity index (χ1) is 15.2. The molecule has 2 aliphatic heterocycles. The van der Waals surface area contributed by atoms with Crippen LogP contribution in [0.15, 0.2) is 72.9 Å². The molecule has 0 amide bonds. The van der Waals surface area contributed by atoms with Crippen LogP contribution in [0.5, 0.6) is 0 Å². The van der Waals surface area contributed by atoms with Crippen molar-refractivity contribution in [3.8, 4) is 11.3 Å². The van der Waals surface area contributed by atoms with Crippen LogP contribution in [0.2, 0.25) is 0 Å². The number of pyridine rings is 1. The molecule has 3 heterocycles. The van der Waals surface area contributed by atoms with Crippen molar-refractivity contribution in [2.75, 3.05) is 48.9 Å². The first kappa shape index (κ1) is 20.8. The van der Waals surface area contributed by atoms with Crippen LogP contribution in [-0.4, -0.2) is 43.7 Å². The Bertz CT molecular complexity index is 1160. The largest absolute Gasteiger partial charge is 0.384 e. The summed E-state index contributed by atoms with van der Waals surface area (Å²) in [7, 11) is 0. The number of aromatic amines is 1. The average molecular weight is 472 g/mol. The van der Waals surface area contributed by atoms with Crippen molar-refractivity contribution in [2.45, 2.75) is 19.6 Å². The predicted octanol–water partition coefficient (Wildman–Crippen LogP) is 5.15. The van der Waals surface area contributed by atoms with Gasteiger partial charge in [-0.25, -0.2) is 0 Å². The van der Waals surface area contributed by atoms with E-state index in [2.05, 4.69) is 57.7 Å². The lowest BCUT2D eigenvalue weighted by Gasteiger charge is -2.29. The van der Waals surface area contributed by atoms with Gasteiger partial charge in [0, 0.05) is 68.1 Å². The van der Waals surface area contributed by atoms with E-state index in [0.717, 1.165) is 42.3 Å². The summed E-state index contributed by atoms with van der Waals surface area (Å²) >= 11 is 9.32. The monoisotopic (exact) mass is 471 g/mol. The van der Waals surface area contributed by atoms with Gasteiger partial charge in [0.2, 0.25) is 5.56 Å². The van der Waals surface area contributed by atoms with Crippen LogP contribution in [0, 0.1) is 0 Å². The highest BCUT2D eigenvalue weighted by molar-refractivity contribution is 8.05. The van der Waals surface area contributed by atoms with Gasteiger partial charge < -0.3 is 19.9 Å². The van der Waals surface area contributed by atoms with E-state index >= 15 is 0 Å². The van der Waals surface area contributed by atoms with Gasteiger partial charge in [-0.3, -0.25) is 4.79 Å². The minimum absolute atomic E-state index is 0.0829. The van der Waals surface area contributed by atoms with E-state index in [1.165, 1.54) is 19.6 Å². The molecule has 0 spiro atoms. The second-order valence-corrected chi connectivity index (χ2v) is 9.84. The van der Waals surface area contributed by atoms with E-state index in [-0.39, 0.29) is 5.56 Å². The Morgan fingerprint density at radius 3 is 2.74 bits per heavy atom. The third kappa shape index (κ3) is 4.46. The number of hydrogen-bond donors (Lipinski definition) is 2. The summed E-state index contributed by atoms with van der Waals surface area (Å²) in [4.78, 5) is 22.6. The fourth-order valence-corrected chi connectivity index (χ4v) is 6.30. The zero-order valence-electron chi connectivity index (χ0n) is 16.8. The number of H-pyrrole nitrogens is 1. The van der Waals surface area contributed by atoms with E-state index < -0.39 is 0 Å². The lowest BCUT2D eigenvalue weighted by molar-refractivity contribution is 0.122. The van der Waals surface area contributed by atoms with E-state index in [9.17, 15) is 4.79 Å². The quantitative estimate of drug-likeness (QED) is 0.393. The van der Waals surface area contributed by atoms with E-state index in [1.54, 1.807) is 29.6 Å². The van der Waals surface area contributed by atoms with Gasteiger partial charge in [0.15, 0.2) is 0 Å². The number of nitrogens with one attached hydrogen (secondary N) is 2. The predicted molar refractivity (Wildman–Crippen MR) is 129 cm³/mol. The maximum atomic E-state index is 12.5. The van der Waals surface area contributed by atoms with Crippen LogP contribution < -0.4 is 15.8 Å². The van der Waals surface area contributed by atoms with Crippen LogP contribution in [-0.2, 0) is 4.74 Å². The molecular weight excluding hydrogens is 450 g/mol. The van der Waals surface area contributed by atoms with Crippen molar-refractivity contribution in [2.24, 2.45) is 0 Å². The SMILES string of the molecule is O=c1cc(N2CCOCC2)cc(-c2cccc3c2Sc2ccc(NCCCl)cc2S3)[nH]1. The molecule has 2 N–H and O–H groups in total. The minimum Gasteiger partial charge on any atom is -0.384 e. The normalized spacial score (nSPS) is 15.3. The highest BCUT2D eigenvalue weighted by atomic mass is 35.5. The summed E-state index contributed by atoms with van der Waals surface area (Å²) in [6, 6.07) is 16.5. The summed E-state index contributed by atoms with van der Waals surface area (Å²) < 4.78 is 5.46. The Morgan fingerprint density at radius 2 is 1.90 bits per heavy atom. The Balaban J connectivity index is 1.49. The lowest BCUT2D eigenvalue weighted by Crippen LogP contribution is -2.36. The molecule has 8 heteroatoms. The highest BCUT2D eigenvalue weighted by Crippen LogP contribution is 2.52. The molecule has 0 aliphatic carbocycles. The molecule has 3 aromatic rings. The molecule has 1 saturated heterocycles. The Morgan fingerprint density at radius 1 is 1.03 bits per heavy atom. The van der Waals surface area contributed by atoms with Gasteiger partial charge in [-0.2, -0.15) is 0 Å². The molecule has 2 aliphatic rings. The molecule has 0 atom stereocenters. The third-order valence-electron chi connectivity index (χ3n) is 5.27. The van der Waals surface area contributed by atoms with Crippen molar-refractivity contribution < 1.29 is 4.74 Å². The molecule has 0 saturated carbocycles. The number of fused-ring (bicyclic) bond motifs is 2. The number of hydrogen-bond acceptors (Lipinski definition) is 6. The molecule has 1 aromatic heterocycles. The molecule has 1 fully saturated rings. The topological polar surface area (TPSA) is 57.4 Å². The van der Waals surface area contributed by atoms with E-state index in [4.69, 9.17) is 16.3 Å². The summed E-state index contributed by atoms with van der Waals surface area (Å²) in [5.41, 5.74) is 3.85. The average Bonchev–Trinajstić information content (AvgIpc) is 2.81.